The maximum atomic E-state index is 12.9. The number of nitrogens with zero attached hydrogens (tertiary/aromatic N) is 3. The highest BCUT2D eigenvalue weighted by Crippen LogP contribution is 2.13. The minimum absolute atomic E-state index is 0.121. The minimum Gasteiger partial charge on any atom is -0.336 e. The van der Waals surface area contributed by atoms with E-state index >= 15 is 0 Å². The monoisotopic (exact) mass is 356 g/mol. The summed E-state index contributed by atoms with van der Waals surface area (Å²) in [7, 11) is 0. The Balaban J connectivity index is 1.68. The summed E-state index contributed by atoms with van der Waals surface area (Å²) in [6, 6.07) is 7.03. The standard InChI is InChI=1S/C19H21FN4O2/c1-2-23-7-9-24(10-8-23)19(26)15-11-14(12-21-13-15)18(25)22-17-5-3-16(20)4-6-17/h3-6,11-13H,2,7-10H2,1H3,(H,22,25). The normalized spacial score (nSPS) is 14.9. The van der Waals surface area contributed by atoms with Crippen LogP contribution >= 0.6 is 0 Å². The van der Waals surface area contributed by atoms with Crippen LogP contribution in [0.5, 0.6) is 0 Å². The lowest BCUT2D eigenvalue weighted by atomic mass is 10.1. The van der Waals surface area contributed by atoms with E-state index in [4.69, 9.17) is 0 Å². The van der Waals surface area contributed by atoms with Gasteiger partial charge in [0.15, 0.2) is 0 Å². The third-order valence-electron chi connectivity index (χ3n) is 4.46. The number of nitrogens with one attached hydrogen (secondary N) is 1. The fourth-order valence-electron chi connectivity index (χ4n) is 2.87. The predicted molar refractivity (Wildman–Crippen MR) is 96.6 cm³/mol. The zero-order chi connectivity index (χ0) is 18.5. The van der Waals surface area contributed by atoms with E-state index in [1.807, 2.05) is 0 Å². The third-order valence-corrected chi connectivity index (χ3v) is 4.46. The fourth-order valence-corrected chi connectivity index (χ4v) is 2.87. The molecule has 1 N–H and O–H groups in total. The Hall–Kier alpha value is -2.80. The maximum absolute atomic E-state index is 12.9. The molecule has 3 rings (SSSR count). The number of likely N-dealkylation sites (N-methyl/N-ethyl adjacent to an activating group) is 1. The van der Waals surface area contributed by atoms with Gasteiger partial charge in [-0.3, -0.25) is 14.6 Å². The van der Waals surface area contributed by atoms with Crippen LogP contribution < -0.4 is 5.32 Å². The molecule has 0 radical (unpaired) electrons. The van der Waals surface area contributed by atoms with Crippen LogP contribution in [0.2, 0.25) is 0 Å². The predicted octanol–water partition coefficient (Wildman–Crippen LogP) is 2.25. The largest absolute Gasteiger partial charge is 0.336 e. The van der Waals surface area contributed by atoms with Gasteiger partial charge in [0.1, 0.15) is 5.82 Å². The van der Waals surface area contributed by atoms with Gasteiger partial charge in [-0.15, -0.1) is 0 Å². The van der Waals surface area contributed by atoms with Crippen LogP contribution in [0.1, 0.15) is 27.6 Å². The molecule has 0 saturated carbocycles. The molecule has 26 heavy (non-hydrogen) atoms. The lowest BCUT2D eigenvalue weighted by Gasteiger charge is -2.34. The van der Waals surface area contributed by atoms with E-state index in [2.05, 4.69) is 22.1 Å². The number of rotatable bonds is 4. The van der Waals surface area contributed by atoms with Crippen LogP contribution in [0.4, 0.5) is 10.1 Å². The summed E-state index contributed by atoms with van der Waals surface area (Å²) in [6.45, 7) is 6.10. The first-order valence-corrected chi connectivity index (χ1v) is 8.60. The number of pyridine rings is 1. The number of halogens is 1. The van der Waals surface area contributed by atoms with Gasteiger partial charge in [0, 0.05) is 44.3 Å². The van der Waals surface area contributed by atoms with Crippen LogP contribution in [0.25, 0.3) is 0 Å². The second kappa shape index (κ2) is 8.05. The zero-order valence-corrected chi connectivity index (χ0v) is 14.6. The molecule has 1 fully saturated rings. The van der Waals surface area contributed by atoms with Crippen LogP contribution in [0.15, 0.2) is 42.7 Å². The summed E-state index contributed by atoms with van der Waals surface area (Å²) in [5, 5.41) is 2.67. The molecule has 2 heterocycles. The van der Waals surface area contributed by atoms with Crippen LogP contribution in [0, 0.1) is 5.82 Å². The Morgan fingerprint density at radius 1 is 1.08 bits per heavy atom. The molecule has 1 aromatic heterocycles. The van der Waals surface area contributed by atoms with E-state index in [0.717, 1.165) is 19.6 Å². The van der Waals surface area contributed by atoms with Gasteiger partial charge >= 0.3 is 0 Å². The first kappa shape index (κ1) is 18.0. The molecule has 6 nitrogen and oxygen atoms in total. The van der Waals surface area contributed by atoms with Crippen molar-refractivity contribution in [1.29, 1.82) is 0 Å². The molecule has 2 amide bonds. The number of anilines is 1. The Morgan fingerprint density at radius 2 is 1.73 bits per heavy atom. The van der Waals surface area contributed by atoms with E-state index in [1.54, 1.807) is 11.0 Å². The van der Waals surface area contributed by atoms with Gasteiger partial charge in [0.25, 0.3) is 11.8 Å². The van der Waals surface area contributed by atoms with Crippen LogP contribution in [-0.2, 0) is 0 Å². The fraction of sp³-hybridized carbons (Fsp3) is 0.316. The summed E-state index contributed by atoms with van der Waals surface area (Å²) in [6.07, 6.45) is 2.88. The lowest BCUT2D eigenvalue weighted by molar-refractivity contribution is 0.0643. The molecule has 1 aromatic carbocycles. The summed E-state index contributed by atoms with van der Waals surface area (Å²) in [4.78, 5) is 33.1. The number of hydrogen-bond donors (Lipinski definition) is 1. The SMILES string of the molecule is CCN1CCN(C(=O)c2cncc(C(=O)Nc3ccc(F)cc3)c2)CC1. The topological polar surface area (TPSA) is 65.5 Å². The average Bonchev–Trinajstić information content (AvgIpc) is 2.69. The Morgan fingerprint density at radius 3 is 2.38 bits per heavy atom. The molecule has 7 heteroatoms. The Kier molecular flexibility index (Phi) is 5.58. The number of hydrogen-bond acceptors (Lipinski definition) is 4. The molecule has 0 unspecified atom stereocenters. The maximum Gasteiger partial charge on any atom is 0.257 e. The highest BCUT2D eigenvalue weighted by molar-refractivity contribution is 6.05. The highest BCUT2D eigenvalue weighted by atomic mass is 19.1. The van der Waals surface area contributed by atoms with Crippen molar-refractivity contribution < 1.29 is 14.0 Å². The summed E-state index contributed by atoms with van der Waals surface area (Å²) >= 11 is 0. The number of carbonyl (C=O) groups excluding carboxylic acids is 2. The second-order valence-electron chi connectivity index (χ2n) is 6.15. The smallest absolute Gasteiger partial charge is 0.257 e. The van der Waals surface area contributed by atoms with Gasteiger partial charge in [-0.05, 0) is 36.9 Å². The summed E-state index contributed by atoms with van der Waals surface area (Å²) < 4.78 is 12.9. The van der Waals surface area contributed by atoms with Crippen molar-refractivity contribution in [3.63, 3.8) is 0 Å². The summed E-state index contributed by atoms with van der Waals surface area (Å²) in [5.74, 6) is -0.889. The second-order valence-corrected chi connectivity index (χ2v) is 6.15. The van der Waals surface area contributed by atoms with Crippen LogP contribution in [0.3, 0.4) is 0 Å². The molecule has 0 aliphatic carbocycles. The third kappa shape index (κ3) is 4.23. The molecular formula is C19H21FN4O2. The van der Waals surface area contributed by atoms with Gasteiger partial charge < -0.3 is 15.1 Å². The first-order valence-electron chi connectivity index (χ1n) is 8.60. The van der Waals surface area contributed by atoms with Gasteiger partial charge in [-0.2, -0.15) is 0 Å². The van der Waals surface area contributed by atoms with E-state index in [9.17, 15) is 14.0 Å². The van der Waals surface area contributed by atoms with Crippen molar-refractivity contribution in [2.24, 2.45) is 0 Å². The van der Waals surface area contributed by atoms with Crippen LogP contribution in [-0.4, -0.2) is 59.3 Å². The van der Waals surface area contributed by atoms with Crippen molar-refractivity contribution >= 4 is 17.5 Å². The van der Waals surface area contributed by atoms with Crippen molar-refractivity contribution in [2.45, 2.75) is 6.92 Å². The zero-order valence-electron chi connectivity index (χ0n) is 14.6. The Bertz CT molecular complexity index is 786. The molecule has 1 saturated heterocycles. The number of aromatic nitrogens is 1. The molecule has 2 aromatic rings. The molecule has 0 atom stereocenters. The molecule has 0 spiro atoms. The van der Waals surface area contributed by atoms with E-state index in [1.165, 1.54) is 36.7 Å². The van der Waals surface area contributed by atoms with Gasteiger partial charge in [-0.25, -0.2) is 4.39 Å². The van der Waals surface area contributed by atoms with E-state index in [0.29, 0.717) is 24.3 Å². The molecule has 136 valence electrons. The number of carbonyl (C=O) groups is 2. The quantitative estimate of drug-likeness (QED) is 0.913. The molecular weight excluding hydrogens is 335 g/mol. The van der Waals surface area contributed by atoms with Crippen molar-refractivity contribution in [3.05, 3.63) is 59.7 Å². The molecule has 1 aliphatic rings. The first-order chi connectivity index (χ1) is 12.6. The molecule has 0 bridgehead atoms. The van der Waals surface area contributed by atoms with Crippen molar-refractivity contribution in [2.75, 3.05) is 38.0 Å². The summed E-state index contributed by atoms with van der Waals surface area (Å²) in [5.41, 5.74) is 1.15. The number of piperazine rings is 1. The van der Waals surface area contributed by atoms with Gasteiger partial charge in [0.05, 0.1) is 11.1 Å². The minimum atomic E-state index is -0.394. The lowest BCUT2D eigenvalue weighted by Crippen LogP contribution is -2.48. The van der Waals surface area contributed by atoms with Crippen molar-refractivity contribution in [3.8, 4) is 0 Å². The van der Waals surface area contributed by atoms with E-state index in [-0.39, 0.29) is 17.3 Å². The molecule has 1 aliphatic heterocycles. The highest BCUT2D eigenvalue weighted by Gasteiger charge is 2.22. The number of amides is 2. The average molecular weight is 356 g/mol. The van der Waals surface area contributed by atoms with Crippen molar-refractivity contribution in [1.82, 2.24) is 14.8 Å². The van der Waals surface area contributed by atoms with Gasteiger partial charge in [-0.1, -0.05) is 6.92 Å². The van der Waals surface area contributed by atoms with E-state index < -0.39 is 5.91 Å². The number of benzene rings is 1. The Labute approximate surface area is 151 Å². The van der Waals surface area contributed by atoms with Gasteiger partial charge in [0.2, 0.25) is 0 Å².